The third-order valence-corrected chi connectivity index (χ3v) is 4.99. The first-order valence-electron chi connectivity index (χ1n) is 6.33. The first-order valence-corrected chi connectivity index (χ1v) is 7.77. The van der Waals surface area contributed by atoms with Gasteiger partial charge >= 0.3 is 0 Å². The number of ether oxygens (including phenoxy) is 1. The van der Waals surface area contributed by atoms with E-state index in [2.05, 4.69) is 5.43 Å². The summed E-state index contributed by atoms with van der Waals surface area (Å²) >= 11 is 0. The van der Waals surface area contributed by atoms with Crippen molar-refractivity contribution >= 4 is 21.4 Å². The van der Waals surface area contributed by atoms with E-state index in [4.69, 9.17) is 10.5 Å². The molecule has 1 aliphatic heterocycles. The molecule has 2 rings (SSSR count). The highest BCUT2D eigenvalue weighted by Gasteiger charge is 2.22. The normalized spacial score (nSPS) is 17.4. The van der Waals surface area contributed by atoms with Gasteiger partial charge in [-0.3, -0.25) is 0 Å². The molecule has 0 atom stereocenters. The maximum absolute atomic E-state index is 12.2. The number of rotatable bonds is 4. The molecule has 20 heavy (non-hydrogen) atoms. The lowest BCUT2D eigenvalue weighted by Gasteiger charge is -2.28. The Hall–Kier alpha value is -1.35. The Morgan fingerprint density at radius 1 is 1.30 bits per heavy atom. The largest absolute Gasteiger partial charge is 0.396 e. The molecule has 1 aromatic rings. The van der Waals surface area contributed by atoms with E-state index < -0.39 is 10.0 Å². The van der Waals surface area contributed by atoms with Gasteiger partial charge in [-0.2, -0.15) is 0 Å². The van der Waals surface area contributed by atoms with Gasteiger partial charge in [0.2, 0.25) is 10.0 Å². The van der Waals surface area contributed by atoms with Crippen molar-refractivity contribution in [1.82, 2.24) is 9.31 Å². The number of nitrogens with zero attached hydrogens (tertiary/aromatic N) is 2. The molecule has 1 fully saturated rings. The second kappa shape index (κ2) is 5.96. The van der Waals surface area contributed by atoms with Crippen molar-refractivity contribution in [2.24, 2.45) is 0 Å². The van der Waals surface area contributed by atoms with Crippen molar-refractivity contribution in [3.05, 3.63) is 18.2 Å². The number of hydrogen-bond donors (Lipinski definition) is 2. The fourth-order valence-corrected chi connectivity index (χ4v) is 2.94. The second-order valence-corrected chi connectivity index (χ2v) is 6.84. The summed E-state index contributed by atoms with van der Waals surface area (Å²) < 4.78 is 30.8. The number of para-hydroxylation sites is 1. The SMILES string of the molecule is CN(C)S(=O)(=O)c1cccc(NN2CCOCC2)c1N. The van der Waals surface area contributed by atoms with Crippen LogP contribution in [-0.2, 0) is 14.8 Å². The smallest absolute Gasteiger partial charge is 0.244 e. The zero-order valence-electron chi connectivity index (χ0n) is 11.7. The summed E-state index contributed by atoms with van der Waals surface area (Å²) in [7, 11) is -0.580. The number of nitrogen functional groups attached to an aromatic ring is 1. The lowest BCUT2D eigenvalue weighted by Crippen LogP contribution is -2.40. The average Bonchev–Trinajstić information content (AvgIpc) is 2.42. The molecule has 0 unspecified atom stereocenters. The number of anilines is 2. The molecule has 0 amide bonds. The molecule has 0 spiro atoms. The number of benzene rings is 1. The summed E-state index contributed by atoms with van der Waals surface area (Å²) in [6, 6.07) is 4.95. The van der Waals surface area contributed by atoms with Crippen molar-refractivity contribution in [3.63, 3.8) is 0 Å². The molecular weight excluding hydrogens is 280 g/mol. The first-order chi connectivity index (χ1) is 9.43. The average molecular weight is 300 g/mol. The van der Waals surface area contributed by atoms with Gasteiger partial charge in [0.15, 0.2) is 0 Å². The Kier molecular flexibility index (Phi) is 4.48. The van der Waals surface area contributed by atoms with Crippen LogP contribution < -0.4 is 11.2 Å². The molecule has 7 nitrogen and oxygen atoms in total. The van der Waals surface area contributed by atoms with Crippen molar-refractivity contribution in [2.45, 2.75) is 4.90 Å². The van der Waals surface area contributed by atoms with Gasteiger partial charge in [0, 0.05) is 27.2 Å². The zero-order chi connectivity index (χ0) is 14.8. The molecule has 0 bridgehead atoms. The summed E-state index contributed by atoms with van der Waals surface area (Å²) in [5.74, 6) is 0. The summed E-state index contributed by atoms with van der Waals surface area (Å²) in [6.07, 6.45) is 0. The molecule has 3 N–H and O–H groups in total. The summed E-state index contributed by atoms with van der Waals surface area (Å²) in [6.45, 7) is 2.74. The van der Waals surface area contributed by atoms with Crippen LogP contribution in [-0.4, -0.2) is 58.1 Å². The Morgan fingerprint density at radius 3 is 2.55 bits per heavy atom. The Labute approximate surface area is 119 Å². The lowest BCUT2D eigenvalue weighted by molar-refractivity contribution is 0.0497. The topological polar surface area (TPSA) is 87.9 Å². The molecule has 0 aliphatic carbocycles. The summed E-state index contributed by atoms with van der Waals surface area (Å²) in [5, 5.41) is 1.96. The maximum atomic E-state index is 12.2. The van der Waals surface area contributed by atoms with E-state index in [9.17, 15) is 8.42 Å². The highest BCUT2D eigenvalue weighted by Crippen LogP contribution is 2.28. The van der Waals surface area contributed by atoms with E-state index in [1.807, 2.05) is 5.01 Å². The Bertz CT molecular complexity index is 568. The Balaban J connectivity index is 2.27. The maximum Gasteiger partial charge on any atom is 0.244 e. The highest BCUT2D eigenvalue weighted by molar-refractivity contribution is 7.89. The minimum Gasteiger partial charge on any atom is -0.396 e. The van der Waals surface area contributed by atoms with E-state index in [0.717, 1.165) is 17.4 Å². The summed E-state index contributed by atoms with van der Waals surface area (Å²) in [4.78, 5) is 0.112. The molecular formula is C12H20N4O3S. The third-order valence-electron chi connectivity index (χ3n) is 3.11. The number of nitrogens with two attached hydrogens (primary N) is 1. The van der Waals surface area contributed by atoms with Crippen molar-refractivity contribution in [2.75, 3.05) is 51.6 Å². The monoisotopic (exact) mass is 300 g/mol. The molecule has 8 heteroatoms. The second-order valence-electron chi connectivity index (χ2n) is 4.72. The number of morpholine rings is 1. The van der Waals surface area contributed by atoms with E-state index in [1.54, 1.807) is 12.1 Å². The first kappa shape index (κ1) is 15.0. The Morgan fingerprint density at radius 2 is 1.95 bits per heavy atom. The molecule has 1 aliphatic rings. The van der Waals surface area contributed by atoms with Crippen LogP contribution in [0.5, 0.6) is 0 Å². The molecule has 1 aromatic carbocycles. The fraction of sp³-hybridized carbons (Fsp3) is 0.500. The number of nitrogens with one attached hydrogen (secondary N) is 1. The van der Waals surface area contributed by atoms with Crippen LogP contribution in [0.3, 0.4) is 0 Å². The molecule has 0 saturated carbocycles. The minimum atomic E-state index is -3.55. The standard InChI is InChI=1S/C12H20N4O3S/c1-15(2)20(17,18)11-5-3-4-10(12(11)13)14-16-6-8-19-9-7-16/h3-5,14H,6-9,13H2,1-2H3. The molecule has 1 heterocycles. The number of sulfonamides is 1. The van der Waals surface area contributed by atoms with Gasteiger partial charge in [-0.05, 0) is 12.1 Å². The van der Waals surface area contributed by atoms with Crippen molar-refractivity contribution in [3.8, 4) is 0 Å². The zero-order valence-corrected chi connectivity index (χ0v) is 12.5. The van der Waals surface area contributed by atoms with Crippen molar-refractivity contribution < 1.29 is 13.2 Å². The van der Waals surface area contributed by atoms with E-state index in [-0.39, 0.29) is 10.6 Å². The third kappa shape index (κ3) is 3.04. The van der Waals surface area contributed by atoms with Crippen LogP contribution in [0.2, 0.25) is 0 Å². The van der Waals surface area contributed by atoms with Gasteiger partial charge in [-0.25, -0.2) is 17.7 Å². The molecule has 0 aromatic heterocycles. The molecule has 0 radical (unpaired) electrons. The highest BCUT2D eigenvalue weighted by atomic mass is 32.2. The van der Waals surface area contributed by atoms with Crippen LogP contribution in [0.15, 0.2) is 23.1 Å². The number of hydrazine groups is 1. The van der Waals surface area contributed by atoms with E-state index in [0.29, 0.717) is 18.9 Å². The van der Waals surface area contributed by atoms with Gasteiger partial charge in [0.1, 0.15) is 4.90 Å². The molecule has 112 valence electrons. The lowest BCUT2D eigenvalue weighted by atomic mass is 10.3. The van der Waals surface area contributed by atoms with Crippen molar-refractivity contribution in [1.29, 1.82) is 0 Å². The van der Waals surface area contributed by atoms with Crippen LogP contribution in [0.25, 0.3) is 0 Å². The minimum absolute atomic E-state index is 0.112. The van der Waals surface area contributed by atoms with Gasteiger partial charge in [0.05, 0.1) is 24.6 Å². The summed E-state index contributed by atoms with van der Waals surface area (Å²) in [5.41, 5.74) is 9.97. The van der Waals surface area contributed by atoms with Crippen LogP contribution in [0.1, 0.15) is 0 Å². The van der Waals surface area contributed by atoms with Gasteiger partial charge < -0.3 is 15.9 Å². The quantitative estimate of drug-likeness (QED) is 0.771. The fourth-order valence-electron chi connectivity index (χ4n) is 1.91. The van der Waals surface area contributed by atoms with Gasteiger partial charge in [0.25, 0.3) is 0 Å². The molecule has 1 saturated heterocycles. The van der Waals surface area contributed by atoms with Crippen LogP contribution in [0.4, 0.5) is 11.4 Å². The van der Waals surface area contributed by atoms with Crippen LogP contribution >= 0.6 is 0 Å². The predicted octanol–water partition coefficient (Wildman–Crippen LogP) is 0.178. The van der Waals surface area contributed by atoms with Crippen LogP contribution in [0, 0.1) is 0 Å². The number of hydrogen-bond acceptors (Lipinski definition) is 6. The van der Waals surface area contributed by atoms with E-state index >= 15 is 0 Å². The van der Waals surface area contributed by atoms with Gasteiger partial charge in [-0.15, -0.1) is 0 Å². The predicted molar refractivity (Wildman–Crippen MR) is 77.7 cm³/mol. The van der Waals surface area contributed by atoms with Gasteiger partial charge in [-0.1, -0.05) is 6.07 Å². The van der Waals surface area contributed by atoms with E-state index in [1.165, 1.54) is 20.2 Å².